The number of para-hydroxylation sites is 2. The van der Waals surface area contributed by atoms with Gasteiger partial charge >= 0.3 is 0 Å². The van der Waals surface area contributed by atoms with Gasteiger partial charge in [-0.15, -0.1) is 0 Å². The predicted octanol–water partition coefficient (Wildman–Crippen LogP) is 8.56. The molecule has 2 aromatic carbocycles. The zero-order valence-electron chi connectivity index (χ0n) is 19.1. The number of thioether (sulfide) groups is 1. The Morgan fingerprint density at radius 2 is 1.79 bits per heavy atom. The molecule has 1 aliphatic heterocycles. The summed E-state index contributed by atoms with van der Waals surface area (Å²) >= 11 is 16.6. The van der Waals surface area contributed by atoms with Gasteiger partial charge in [-0.05, 0) is 78.7 Å². The van der Waals surface area contributed by atoms with Gasteiger partial charge in [0.15, 0.2) is 0 Å². The van der Waals surface area contributed by atoms with Gasteiger partial charge in [0.05, 0.1) is 15.7 Å². The van der Waals surface area contributed by atoms with E-state index in [1.807, 2.05) is 47.4 Å². The molecule has 0 radical (unpaired) electrons. The molecule has 3 aliphatic rings. The standard InChI is InChI=1S/C28H25Cl2N2S2/c1-31-25(33-23-7-3-5-21(29)27(23)31)15-17-9-11-19-12-10-18(14-20(19)13-17)16-26-32(2)28-22(30)6-4-8-24(28)34-26/h3-8,13-16,19H,9-12H2,1-2H3/q+1. The van der Waals surface area contributed by atoms with E-state index in [9.17, 15) is 0 Å². The number of hydrogen-bond acceptors (Lipinski definition) is 3. The number of allylic oxidation sites excluding steroid dienone is 6. The fraction of sp³-hybridized carbons (Fsp3) is 0.250. The number of nitrogens with zero attached hydrogens (tertiary/aromatic N) is 2. The molecule has 0 saturated carbocycles. The Balaban J connectivity index is 1.31. The molecule has 6 heteroatoms. The summed E-state index contributed by atoms with van der Waals surface area (Å²) in [6.45, 7) is 0. The van der Waals surface area contributed by atoms with Crippen molar-refractivity contribution in [3.8, 4) is 0 Å². The Hall–Kier alpha value is -1.98. The van der Waals surface area contributed by atoms with E-state index in [-0.39, 0.29) is 0 Å². The molecule has 34 heavy (non-hydrogen) atoms. The monoisotopic (exact) mass is 523 g/mol. The molecule has 0 amide bonds. The van der Waals surface area contributed by atoms with E-state index in [2.05, 4.69) is 60.0 Å². The maximum atomic E-state index is 6.47. The fourth-order valence-corrected chi connectivity index (χ4v) is 8.22. The van der Waals surface area contributed by atoms with Crippen LogP contribution in [0.4, 0.5) is 5.69 Å². The highest BCUT2D eigenvalue weighted by molar-refractivity contribution is 8.03. The van der Waals surface area contributed by atoms with E-state index in [0.29, 0.717) is 5.92 Å². The smallest absolute Gasteiger partial charge is 0.262 e. The van der Waals surface area contributed by atoms with Gasteiger partial charge in [0, 0.05) is 18.0 Å². The maximum absolute atomic E-state index is 6.47. The first-order chi connectivity index (χ1) is 16.5. The number of fused-ring (bicyclic) bond motifs is 3. The van der Waals surface area contributed by atoms with Crippen LogP contribution in [0.3, 0.4) is 0 Å². The van der Waals surface area contributed by atoms with Crippen LogP contribution in [0.1, 0.15) is 30.7 Å². The van der Waals surface area contributed by atoms with Crippen LogP contribution in [0, 0.1) is 5.92 Å². The molecule has 1 atom stereocenters. The third-order valence-electron chi connectivity index (χ3n) is 7.02. The molecule has 172 valence electrons. The summed E-state index contributed by atoms with van der Waals surface area (Å²) in [5.41, 5.74) is 6.52. The fourth-order valence-electron chi connectivity index (χ4n) is 5.20. The molecular weight excluding hydrogens is 499 g/mol. The van der Waals surface area contributed by atoms with Crippen LogP contribution in [0.25, 0.3) is 16.3 Å². The van der Waals surface area contributed by atoms with Gasteiger partial charge in [0.25, 0.3) is 5.01 Å². The summed E-state index contributed by atoms with van der Waals surface area (Å²) in [6, 6.07) is 12.3. The molecule has 0 bridgehead atoms. The molecule has 2 heterocycles. The summed E-state index contributed by atoms with van der Waals surface area (Å²) in [5.74, 6) is 0.672. The third-order valence-corrected chi connectivity index (χ3v) is 9.93. The van der Waals surface area contributed by atoms with Gasteiger partial charge in [0.1, 0.15) is 16.8 Å². The molecule has 3 aromatic rings. The van der Waals surface area contributed by atoms with Crippen LogP contribution >= 0.6 is 46.3 Å². The second-order valence-electron chi connectivity index (χ2n) is 9.17. The molecule has 2 nitrogen and oxygen atoms in total. The molecule has 1 aromatic heterocycles. The second-order valence-corrected chi connectivity index (χ2v) is 12.1. The lowest BCUT2D eigenvalue weighted by molar-refractivity contribution is -0.642. The van der Waals surface area contributed by atoms with E-state index in [4.69, 9.17) is 23.2 Å². The number of rotatable bonds is 2. The Morgan fingerprint density at radius 1 is 1.00 bits per heavy atom. The third kappa shape index (κ3) is 3.95. The van der Waals surface area contributed by atoms with E-state index >= 15 is 0 Å². The van der Waals surface area contributed by atoms with Crippen LogP contribution in [0.15, 0.2) is 81.3 Å². The van der Waals surface area contributed by atoms with E-state index < -0.39 is 0 Å². The first kappa shape index (κ1) is 22.5. The Bertz CT molecular complexity index is 1440. The number of aromatic nitrogens is 1. The van der Waals surface area contributed by atoms with Gasteiger partial charge in [-0.25, -0.2) is 0 Å². The lowest BCUT2D eigenvalue weighted by Gasteiger charge is -2.28. The van der Waals surface area contributed by atoms with Crippen molar-refractivity contribution in [3.63, 3.8) is 0 Å². The zero-order chi connectivity index (χ0) is 23.4. The molecule has 0 N–H and O–H groups in total. The Morgan fingerprint density at radius 3 is 2.62 bits per heavy atom. The molecule has 0 spiro atoms. The maximum Gasteiger partial charge on any atom is 0.262 e. The molecular formula is C28H25Cl2N2S2+. The van der Waals surface area contributed by atoms with Crippen molar-refractivity contribution in [1.82, 2.24) is 0 Å². The van der Waals surface area contributed by atoms with Crippen LogP contribution in [-0.4, -0.2) is 7.05 Å². The minimum atomic E-state index is 0.672. The van der Waals surface area contributed by atoms with Crippen LogP contribution in [-0.2, 0) is 7.05 Å². The minimum absolute atomic E-state index is 0.672. The highest BCUT2D eigenvalue weighted by atomic mass is 35.5. The molecule has 1 unspecified atom stereocenters. The number of benzene rings is 2. The topological polar surface area (TPSA) is 7.12 Å². The minimum Gasteiger partial charge on any atom is -0.337 e. The quantitative estimate of drug-likeness (QED) is 0.310. The van der Waals surface area contributed by atoms with Crippen molar-refractivity contribution < 1.29 is 4.57 Å². The highest BCUT2D eigenvalue weighted by Crippen LogP contribution is 2.49. The summed E-state index contributed by atoms with van der Waals surface area (Å²) in [5, 5.41) is 4.12. The normalized spacial score (nSPS) is 22.2. The van der Waals surface area contributed by atoms with Crippen molar-refractivity contribution in [3.05, 3.63) is 91.4 Å². The van der Waals surface area contributed by atoms with Gasteiger partial charge < -0.3 is 4.90 Å². The highest BCUT2D eigenvalue weighted by Gasteiger charge is 2.27. The van der Waals surface area contributed by atoms with Crippen molar-refractivity contribution in [2.75, 3.05) is 11.9 Å². The van der Waals surface area contributed by atoms with E-state index in [0.717, 1.165) is 34.1 Å². The van der Waals surface area contributed by atoms with Gasteiger partial charge in [0.2, 0.25) is 5.52 Å². The lowest BCUT2D eigenvalue weighted by Crippen LogP contribution is -2.29. The van der Waals surface area contributed by atoms with E-state index in [1.165, 1.54) is 49.2 Å². The summed E-state index contributed by atoms with van der Waals surface area (Å²) < 4.78 is 3.46. The summed E-state index contributed by atoms with van der Waals surface area (Å²) in [6.07, 6.45) is 14.3. The number of halogens is 2. The SMILES string of the molecule is CN1/C(=C/C2=CC3=C/C(=C/c4sc5cccc(Cl)c5[n+]4C)CCC3CC2)Sc2cccc(Cl)c21. The van der Waals surface area contributed by atoms with Gasteiger partial charge in [-0.3, -0.25) is 0 Å². The lowest BCUT2D eigenvalue weighted by atomic mass is 9.77. The van der Waals surface area contributed by atoms with Crippen LogP contribution in [0.2, 0.25) is 10.0 Å². The van der Waals surface area contributed by atoms with Crippen molar-refractivity contribution >= 4 is 68.3 Å². The van der Waals surface area contributed by atoms with Crippen LogP contribution in [0.5, 0.6) is 0 Å². The number of aryl methyl sites for hydroxylation is 1. The molecule has 0 fully saturated rings. The number of thiazole rings is 1. The molecule has 2 aliphatic carbocycles. The largest absolute Gasteiger partial charge is 0.337 e. The average molecular weight is 525 g/mol. The molecule has 0 saturated heterocycles. The zero-order valence-corrected chi connectivity index (χ0v) is 22.3. The first-order valence-electron chi connectivity index (χ1n) is 11.6. The van der Waals surface area contributed by atoms with Gasteiger partial charge in [-0.2, -0.15) is 4.57 Å². The van der Waals surface area contributed by atoms with Gasteiger partial charge in [-0.1, -0.05) is 70.6 Å². The summed E-state index contributed by atoms with van der Waals surface area (Å²) in [4.78, 5) is 3.46. The number of anilines is 1. The Kier molecular flexibility index (Phi) is 5.89. The van der Waals surface area contributed by atoms with Crippen molar-refractivity contribution in [2.45, 2.75) is 30.6 Å². The first-order valence-corrected chi connectivity index (χ1v) is 14.0. The average Bonchev–Trinajstić information content (AvgIpc) is 3.31. The number of hydrogen-bond donors (Lipinski definition) is 0. The van der Waals surface area contributed by atoms with Crippen molar-refractivity contribution in [1.29, 1.82) is 0 Å². The molecule has 6 rings (SSSR count). The van der Waals surface area contributed by atoms with E-state index in [1.54, 1.807) is 0 Å². The second kappa shape index (κ2) is 8.91. The predicted molar refractivity (Wildman–Crippen MR) is 148 cm³/mol. The van der Waals surface area contributed by atoms with Crippen molar-refractivity contribution in [2.24, 2.45) is 13.0 Å². The Labute approximate surface area is 218 Å². The summed E-state index contributed by atoms with van der Waals surface area (Å²) in [7, 11) is 4.22. The van der Waals surface area contributed by atoms with Crippen LogP contribution < -0.4 is 9.47 Å².